The van der Waals surface area contributed by atoms with Crippen molar-refractivity contribution in [2.45, 2.75) is 11.7 Å². The smallest absolute Gasteiger partial charge is 0.302 e. The number of amides is 1. The molecular weight excluding hydrogens is 260 g/mol. The molecule has 1 atom stereocenters. The van der Waals surface area contributed by atoms with E-state index in [1.165, 1.54) is 11.8 Å². The standard InChI is InChI=1S/C13H14N4OS/c1-16-13(15)19-11-6-7-17(12(11)18)10-4-2-9(8-14)3-5-10/h2-5,11H,6-7H2,1H3,(H2,15,16)/p+1. The Labute approximate surface area is 116 Å². The fourth-order valence-electron chi connectivity index (χ4n) is 1.95. The van der Waals surface area contributed by atoms with Crippen LogP contribution in [0, 0.1) is 11.3 Å². The Morgan fingerprint density at radius 1 is 1.53 bits per heavy atom. The van der Waals surface area contributed by atoms with Gasteiger partial charge >= 0.3 is 5.17 Å². The first-order valence-electron chi connectivity index (χ1n) is 5.94. The van der Waals surface area contributed by atoms with E-state index < -0.39 is 0 Å². The second kappa shape index (κ2) is 5.76. The Hall–Kier alpha value is -2.00. The second-order valence-electron chi connectivity index (χ2n) is 4.16. The molecule has 3 N–H and O–H groups in total. The molecule has 1 unspecified atom stereocenters. The third-order valence-corrected chi connectivity index (χ3v) is 4.16. The van der Waals surface area contributed by atoms with Crippen LogP contribution in [-0.2, 0) is 4.79 Å². The van der Waals surface area contributed by atoms with Crippen LogP contribution >= 0.6 is 11.8 Å². The summed E-state index contributed by atoms with van der Waals surface area (Å²) in [6, 6.07) is 9.10. The van der Waals surface area contributed by atoms with E-state index in [4.69, 9.17) is 11.0 Å². The third kappa shape index (κ3) is 2.88. The summed E-state index contributed by atoms with van der Waals surface area (Å²) in [6.07, 6.45) is 0.770. The fraction of sp³-hybridized carbons (Fsp3) is 0.308. The highest BCUT2D eigenvalue weighted by molar-refractivity contribution is 8.14. The van der Waals surface area contributed by atoms with E-state index in [9.17, 15) is 4.79 Å². The number of nitrogens with two attached hydrogens (primary N) is 1. The molecule has 0 aliphatic carbocycles. The summed E-state index contributed by atoms with van der Waals surface area (Å²) in [5.74, 6) is 0.0629. The van der Waals surface area contributed by atoms with Crippen LogP contribution < -0.4 is 15.6 Å². The summed E-state index contributed by atoms with van der Waals surface area (Å²) in [7, 11) is 1.74. The number of anilines is 1. The maximum atomic E-state index is 12.3. The lowest BCUT2D eigenvalue weighted by molar-refractivity contribution is -0.417. The van der Waals surface area contributed by atoms with Gasteiger partial charge in [-0.1, -0.05) is 0 Å². The molecule has 6 heteroatoms. The van der Waals surface area contributed by atoms with Crippen LogP contribution in [0.2, 0.25) is 0 Å². The van der Waals surface area contributed by atoms with E-state index in [0.717, 1.165) is 12.1 Å². The average Bonchev–Trinajstić information content (AvgIpc) is 2.80. The minimum absolute atomic E-state index is 0.0629. The minimum atomic E-state index is -0.136. The van der Waals surface area contributed by atoms with Gasteiger partial charge in [0, 0.05) is 12.2 Å². The van der Waals surface area contributed by atoms with Gasteiger partial charge in [-0.3, -0.25) is 15.5 Å². The zero-order valence-corrected chi connectivity index (χ0v) is 11.4. The summed E-state index contributed by atoms with van der Waals surface area (Å²) in [5, 5.41) is 9.18. The largest absolute Gasteiger partial charge is 0.311 e. The van der Waals surface area contributed by atoms with Crippen molar-refractivity contribution in [3.05, 3.63) is 29.8 Å². The average molecular weight is 275 g/mol. The topological polar surface area (TPSA) is 84.1 Å². The van der Waals surface area contributed by atoms with Crippen molar-refractivity contribution in [3.63, 3.8) is 0 Å². The first-order valence-corrected chi connectivity index (χ1v) is 6.82. The van der Waals surface area contributed by atoms with Crippen LogP contribution in [0.1, 0.15) is 12.0 Å². The number of carbonyl (C=O) groups excluding carboxylic acids is 1. The number of nitriles is 1. The predicted octanol–water partition coefficient (Wildman–Crippen LogP) is -0.578. The Bertz CT molecular complexity index is 547. The van der Waals surface area contributed by atoms with Crippen LogP contribution in [0.3, 0.4) is 0 Å². The number of amidine groups is 1. The number of benzene rings is 1. The maximum Gasteiger partial charge on any atom is 0.302 e. The Morgan fingerprint density at radius 2 is 2.21 bits per heavy atom. The van der Waals surface area contributed by atoms with Crippen LogP contribution in [0.25, 0.3) is 0 Å². The normalized spacial score (nSPS) is 19.6. The number of hydrogen-bond acceptors (Lipinski definition) is 3. The molecule has 1 aromatic carbocycles. The lowest BCUT2D eigenvalue weighted by Gasteiger charge is -2.16. The van der Waals surface area contributed by atoms with Gasteiger partial charge in [0.15, 0.2) is 0 Å². The lowest BCUT2D eigenvalue weighted by Crippen LogP contribution is -2.70. The number of hydrogen-bond donors (Lipinski definition) is 2. The SMILES string of the molecule is C[NH+]=C(N)SC1CCN(c2ccc(C#N)cc2)C1=O. The first kappa shape index (κ1) is 13.4. The predicted molar refractivity (Wildman–Crippen MR) is 75.6 cm³/mol. The van der Waals surface area contributed by atoms with Crippen LogP contribution in [0.15, 0.2) is 24.3 Å². The summed E-state index contributed by atoms with van der Waals surface area (Å²) < 4.78 is 0. The zero-order valence-electron chi connectivity index (χ0n) is 10.6. The second-order valence-corrected chi connectivity index (χ2v) is 5.40. The van der Waals surface area contributed by atoms with E-state index in [1.807, 2.05) is 0 Å². The van der Waals surface area contributed by atoms with E-state index in [2.05, 4.69) is 11.1 Å². The van der Waals surface area contributed by atoms with Crippen LogP contribution in [0.5, 0.6) is 0 Å². The molecule has 98 valence electrons. The molecular formula is C13H15N4OS+. The molecule has 1 saturated heterocycles. The molecule has 1 aliphatic rings. The monoisotopic (exact) mass is 275 g/mol. The Morgan fingerprint density at radius 3 is 2.79 bits per heavy atom. The van der Waals surface area contributed by atoms with Crippen molar-refractivity contribution in [2.24, 2.45) is 5.73 Å². The quantitative estimate of drug-likeness (QED) is 0.559. The number of nitrogens with zero attached hydrogens (tertiary/aromatic N) is 2. The molecule has 1 fully saturated rings. The van der Waals surface area contributed by atoms with Gasteiger partial charge in [0.2, 0.25) is 5.91 Å². The van der Waals surface area contributed by atoms with Crippen LogP contribution in [-0.4, -0.2) is 29.9 Å². The number of nitrogens with one attached hydrogen (secondary N) is 1. The van der Waals surface area contributed by atoms with Crippen molar-refractivity contribution in [2.75, 3.05) is 18.5 Å². The van der Waals surface area contributed by atoms with Gasteiger partial charge in [-0.25, -0.2) is 0 Å². The number of carbonyl (C=O) groups is 1. The van der Waals surface area contributed by atoms with E-state index >= 15 is 0 Å². The van der Waals surface area contributed by atoms with E-state index in [1.54, 1.807) is 36.2 Å². The Kier molecular flexibility index (Phi) is 4.07. The molecule has 0 saturated carbocycles. The highest BCUT2D eigenvalue weighted by Gasteiger charge is 2.34. The van der Waals surface area contributed by atoms with Gasteiger partial charge in [0.1, 0.15) is 0 Å². The van der Waals surface area contributed by atoms with Crippen molar-refractivity contribution in [3.8, 4) is 6.07 Å². The van der Waals surface area contributed by atoms with Gasteiger partial charge in [-0.2, -0.15) is 5.26 Å². The molecule has 0 bridgehead atoms. The van der Waals surface area contributed by atoms with Gasteiger partial charge < -0.3 is 4.90 Å². The van der Waals surface area contributed by atoms with Crippen molar-refractivity contribution >= 4 is 28.5 Å². The molecule has 1 aliphatic heterocycles. The van der Waals surface area contributed by atoms with Gasteiger partial charge in [0.05, 0.1) is 23.9 Å². The Balaban J connectivity index is 2.11. The van der Waals surface area contributed by atoms with Crippen molar-refractivity contribution in [1.29, 1.82) is 5.26 Å². The highest BCUT2D eigenvalue weighted by atomic mass is 32.2. The van der Waals surface area contributed by atoms with E-state index in [0.29, 0.717) is 17.3 Å². The first-order chi connectivity index (χ1) is 9.15. The minimum Gasteiger partial charge on any atom is -0.311 e. The molecule has 5 nitrogen and oxygen atoms in total. The van der Waals surface area contributed by atoms with Crippen LogP contribution in [0.4, 0.5) is 5.69 Å². The molecule has 1 heterocycles. The maximum absolute atomic E-state index is 12.3. The number of thioether (sulfide) groups is 1. The molecule has 0 radical (unpaired) electrons. The van der Waals surface area contributed by atoms with Gasteiger partial charge in [-0.05, 0) is 42.4 Å². The summed E-state index contributed by atoms with van der Waals surface area (Å²) in [4.78, 5) is 16.8. The van der Waals surface area contributed by atoms with Gasteiger partial charge in [-0.15, -0.1) is 0 Å². The molecule has 2 rings (SSSR count). The molecule has 0 aromatic heterocycles. The summed E-state index contributed by atoms with van der Waals surface area (Å²) in [5.41, 5.74) is 7.12. The number of rotatable bonds is 2. The van der Waals surface area contributed by atoms with Gasteiger partial charge in [0.25, 0.3) is 0 Å². The lowest BCUT2D eigenvalue weighted by atomic mass is 10.2. The van der Waals surface area contributed by atoms with Crippen molar-refractivity contribution < 1.29 is 9.79 Å². The van der Waals surface area contributed by atoms with Crippen molar-refractivity contribution in [1.82, 2.24) is 0 Å². The van der Waals surface area contributed by atoms with E-state index in [-0.39, 0.29) is 11.2 Å². The molecule has 0 spiro atoms. The fourth-order valence-corrected chi connectivity index (χ4v) is 2.82. The third-order valence-electron chi connectivity index (χ3n) is 2.98. The summed E-state index contributed by atoms with van der Waals surface area (Å²) in [6.45, 7) is 0.680. The molecule has 1 amide bonds. The molecule has 19 heavy (non-hydrogen) atoms. The zero-order chi connectivity index (χ0) is 13.8. The molecule has 1 aromatic rings. The summed E-state index contributed by atoms with van der Waals surface area (Å²) >= 11 is 1.36. The highest BCUT2D eigenvalue weighted by Crippen LogP contribution is 2.28.